The van der Waals surface area contributed by atoms with Gasteiger partial charge in [-0.05, 0) is 35.2 Å². The van der Waals surface area contributed by atoms with E-state index in [1.807, 2.05) is 30.3 Å². The fraction of sp³-hybridized carbons (Fsp3) is 0.250. The van der Waals surface area contributed by atoms with Crippen molar-refractivity contribution in [1.82, 2.24) is 4.90 Å². The molecule has 3 aromatic rings. The Morgan fingerprint density at radius 3 is 1.90 bits per heavy atom. The number of hydrogen-bond acceptors (Lipinski definition) is 6. The number of halogens is 4. The van der Waals surface area contributed by atoms with Crippen molar-refractivity contribution in [1.29, 1.82) is 0 Å². The second kappa shape index (κ2) is 14.2. The molecule has 3 N–H and O–H groups in total. The number of imide groups is 1. The van der Waals surface area contributed by atoms with Gasteiger partial charge in [0.25, 0.3) is 0 Å². The molecule has 3 atom stereocenters. The highest BCUT2D eigenvalue weighted by molar-refractivity contribution is 6.32. The number of carbonyl (C=O) groups is 3. The quantitative estimate of drug-likeness (QED) is 0.342. The van der Waals surface area contributed by atoms with E-state index in [0.29, 0.717) is 6.42 Å². The van der Waals surface area contributed by atoms with Gasteiger partial charge in [-0.1, -0.05) is 77.8 Å². The van der Waals surface area contributed by atoms with Gasteiger partial charge in [0.2, 0.25) is 5.91 Å². The van der Waals surface area contributed by atoms with E-state index in [-0.39, 0.29) is 27.8 Å². The highest BCUT2D eigenvalue weighted by atomic mass is 35.5. The number of ether oxygens (including phenoxy) is 1. The lowest BCUT2D eigenvalue weighted by molar-refractivity contribution is -0.139. The van der Waals surface area contributed by atoms with Crippen LogP contribution in [0.15, 0.2) is 66.7 Å². The van der Waals surface area contributed by atoms with Gasteiger partial charge in [0.1, 0.15) is 24.2 Å². The standard InChI is InChI=1S/C19H17ClFNO4.C9H8ClFO3/c20-17-14(7-4-8-16(17)21)15(10-23)18(24)22-13(11-26-19(22)25)9-12-5-2-1-3-6-12;10-8-5(2-1-3-7(8)11)6(4-12)9(13)14/h1-8,13,15,23H,9-11H2;1-3,6,12H,4H2,(H,13,14)/t13-,15-;6-/m11/s1. The molecule has 8 nitrogen and oxygen atoms in total. The lowest BCUT2D eigenvalue weighted by Crippen LogP contribution is -2.43. The molecule has 212 valence electrons. The molecule has 1 fully saturated rings. The van der Waals surface area contributed by atoms with Crippen molar-refractivity contribution in [2.45, 2.75) is 24.3 Å². The number of amides is 2. The Morgan fingerprint density at radius 2 is 1.40 bits per heavy atom. The van der Waals surface area contributed by atoms with Crippen LogP contribution in [0.2, 0.25) is 10.0 Å². The summed E-state index contributed by atoms with van der Waals surface area (Å²) in [7, 11) is 0. The van der Waals surface area contributed by atoms with Gasteiger partial charge in [-0.2, -0.15) is 0 Å². The Kier molecular flexibility index (Phi) is 11.0. The van der Waals surface area contributed by atoms with Crippen molar-refractivity contribution in [3.05, 3.63) is 105 Å². The molecule has 0 bridgehead atoms. The van der Waals surface area contributed by atoms with Gasteiger partial charge in [-0.3, -0.25) is 9.59 Å². The zero-order valence-electron chi connectivity index (χ0n) is 20.8. The summed E-state index contributed by atoms with van der Waals surface area (Å²) in [6.07, 6.45) is -0.352. The normalized spacial score (nSPS) is 16.0. The van der Waals surface area contributed by atoms with Crippen LogP contribution in [0, 0.1) is 11.6 Å². The molecular weight excluding hydrogens is 571 g/mol. The van der Waals surface area contributed by atoms with E-state index in [9.17, 15) is 28.3 Å². The number of aliphatic carboxylic acids is 1. The third-order valence-corrected chi connectivity index (χ3v) is 6.99. The van der Waals surface area contributed by atoms with Gasteiger partial charge in [-0.15, -0.1) is 0 Å². The maximum atomic E-state index is 13.7. The summed E-state index contributed by atoms with van der Waals surface area (Å²) in [5.41, 5.74) is 1.16. The van der Waals surface area contributed by atoms with E-state index >= 15 is 0 Å². The largest absolute Gasteiger partial charge is 0.481 e. The number of carboxylic acids is 1. The van der Waals surface area contributed by atoms with Crippen LogP contribution in [0.5, 0.6) is 0 Å². The number of carboxylic acid groups (broad SMARTS) is 1. The van der Waals surface area contributed by atoms with Crippen molar-refractivity contribution >= 4 is 41.2 Å². The minimum Gasteiger partial charge on any atom is -0.481 e. The summed E-state index contributed by atoms with van der Waals surface area (Å²) in [6.45, 7) is -1.16. The van der Waals surface area contributed by atoms with Crippen LogP contribution < -0.4 is 0 Å². The Morgan fingerprint density at radius 1 is 0.875 bits per heavy atom. The lowest BCUT2D eigenvalue weighted by Gasteiger charge is -2.24. The first-order valence-corrected chi connectivity index (χ1v) is 12.7. The summed E-state index contributed by atoms with van der Waals surface area (Å²) in [5, 5.41) is 26.7. The van der Waals surface area contributed by atoms with Crippen LogP contribution in [0.1, 0.15) is 28.5 Å². The number of rotatable bonds is 8. The SMILES string of the molecule is O=C(O)[C@H](CO)c1cccc(F)c1Cl.O=C1OC[C@@H](Cc2ccccc2)N1C(=O)[C@H](CO)c1cccc(F)c1Cl. The summed E-state index contributed by atoms with van der Waals surface area (Å²) in [6, 6.07) is 16.7. The molecule has 1 aliphatic heterocycles. The third kappa shape index (κ3) is 7.14. The summed E-state index contributed by atoms with van der Waals surface area (Å²) < 4.78 is 31.7. The molecule has 40 heavy (non-hydrogen) atoms. The third-order valence-electron chi connectivity index (χ3n) is 6.19. The highest BCUT2D eigenvalue weighted by Gasteiger charge is 2.41. The van der Waals surface area contributed by atoms with E-state index in [0.717, 1.165) is 22.6 Å². The Labute approximate surface area is 238 Å². The van der Waals surface area contributed by atoms with Crippen molar-refractivity contribution in [3.8, 4) is 0 Å². The van der Waals surface area contributed by atoms with E-state index < -0.39 is 60.7 Å². The van der Waals surface area contributed by atoms with Gasteiger partial charge in [0.15, 0.2) is 0 Å². The van der Waals surface area contributed by atoms with Crippen molar-refractivity contribution < 1.29 is 43.2 Å². The van der Waals surface area contributed by atoms with Crippen molar-refractivity contribution in [2.24, 2.45) is 0 Å². The highest BCUT2D eigenvalue weighted by Crippen LogP contribution is 2.31. The number of cyclic esters (lactones) is 1. The number of aliphatic hydroxyl groups is 2. The van der Waals surface area contributed by atoms with Crippen LogP contribution in [0.3, 0.4) is 0 Å². The molecule has 0 radical (unpaired) electrons. The predicted molar refractivity (Wildman–Crippen MR) is 142 cm³/mol. The Hall–Kier alpha value is -3.57. The first kappa shape index (κ1) is 31.0. The molecule has 12 heteroatoms. The fourth-order valence-electron chi connectivity index (χ4n) is 4.13. The molecule has 3 aromatic carbocycles. The van der Waals surface area contributed by atoms with E-state index in [4.69, 9.17) is 38.2 Å². The first-order valence-electron chi connectivity index (χ1n) is 12.0. The molecule has 4 rings (SSSR count). The number of benzene rings is 3. The van der Waals surface area contributed by atoms with Gasteiger partial charge < -0.3 is 20.1 Å². The average molecular weight is 596 g/mol. The van der Waals surface area contributed by atoms with Gasteiger partial charge >= 0.3 is 12.1 Å². The molecule has 1 aliphatic rings. The van der Waals surface area contributed by atoms with E-state index in [1.54, 1.807) is 0 Å². The molecule has 0 spiro atoms. The topological polar surface area (TPSA) is 124 Å². The second-order valence-electron chi connectivity index (χ2n) is 8.72. The Balaban J connectivity index is 0.000000267. The minimum absolute atomic E-state index is 0.0640. The van der Waals surface area contributed by atoms with E-state index in [2.05, 4.69) is 0 Å². The lowest BCUT2D eigenvalue weighted by atomic mass is 9.96. The van der Waals surface area contributed by atoms with Crippen molar-refractivity contribution in [3.63, 3.8) is 0 Å². The fourth-order valence-corrected chi connectivity index (χ4v) is 4.65. The molecule has 0 aliphatic carbocycles. The molecule has 2 amide bonds. The summed E-state index contributed by atoms with van der Waals surface area (Å²) >= 11 is 11.5. The summed E-state index contributed by atoms with van der Waals surface area (Å²) in [4.78, 5) is 36.7. The maximum Gasteiger partial charge on any atom is 0.417 e. The number of hydrogen-bond donors (Lipinski definition) is 3. The van der Waals surface area contributed by atoms with E-state index in [1.165, 1.54) is 24.3 Å². The number of carbonyl (C=O) groups excluding carboxylic acids is 2. The van der Waals surface area contributed by atoms with Crippen LogP contribution in [0.25, 0.3) is 0 Å². The van der Waals surface area contributed by atoms with Crippen LogP contribution >= 0.6 is 23.2 Å². The zero-order chi connectivity index (χ0) is 29.4. The van der Waals surface area contributed by atoms with Gasteiger partial charge in [-0.25, -0.2) is 18.5 Å². The van der Waals surface area contributed by atoms with Gasteiger partial charge in [0, 0.05) is 0 Å². The summed E-state index contributed by atoms with van der Waals surface area (Å²) in [5.74, 6) is -5.62. The number of aliphatic hydroxyl groups excluding tert-OH is 2. The predicted octanol–water partition coefficient (Wildman–Crippen LogP) is 4.78. The molecule has 1 heterocycles. The van der Waals surface area contributed by atoms with Crippen LogP contribution in [-0.2, 0) is 20.7 Å². The maximum absolute atomic E-state index is 13.7. The smallest absolute Gasteiger partial charge is 0.417 e. The molecular formula is C28H25Cl2F2NO7. The minimum atomic E-state index is -1.24. The monoisotopic (exact) mass is 595 g/mol. The molecule has 0 aromatic heterocycles. The molecule has 1 saturated heterocycles. The van der Waals surface area contributed by atoms with Crippen LogP contribution in [0.4, 0.5) is 13.6 Å². The second-order valence-corrected chi connectivity index (χ2v) is 9.48. The molecule has 0 saturated carbocycles. The Bertz CT molecular complexity index is 1360. The zero-order valence-corrected chi connectivity index (χ0v) is 22.4. The van der Waals surface area contributed by atoms with Gasteiger partial charge in [0.05, 0.1) is 35.2 Å². The first-order chi connectivity index (χ1) is 19.1. The average Bonchev–Trinajstić information content (AvgIpc) is 3.30. The number of nitrogens with zero attached hydrogens (tertiary/aromatic N) is 1. The van der Waals surface area contributed by atoms with Crippen LogP contribution in [-0.4, -0.2) is 64.1 Å². The molecule has 0 unspecified atom stereocenters. The van der Waals surface area contributed by atoms with Crippen molar-refractivity contribution in [2.75, 3.05) is 19.8 Å².